The molecule has 0 N–H and O–H groups in total. The summed E-state index contributed by atoms with van der Waals surface area (Å²) in [6.07, 6.45) is 1.55. The average molecular weight is 204 g/mol. The van der Waals surface area contributed by atoms with Crippen molar-refractivity contribution in [3.63, 3.8) is 0 Å². The topological polar surface area (TPSA) is 22.1 Å². The minimum atomic E-state index is -1.70. The van der Waals surface area contributed by atoms with Gasteiger partial charge in [0.15, 0.2) is 0 Å². The van der Waals surface area contributed by atoms with Crippen molar-refractivity contribution in [2.45, 2.75) is 6.92 Å². The smallest absolute Gasteiger partial charge is 0.227 e. The van der Waals surface area contributed by atoms with Gasteiger partial charge in [-0.1, -0.05) is 0 Å². The minimum Gasteiger partial charge on any atom is -0.477 e. The van der Waals surface area contributed by atoms with Crippen LogP contribution >= 0.6 is 15.9 Å². The normalized spacial score (nSPS) is 13.8. The van der Waals surface area contributed by atoms with E-state index >= 15 is 0 Å². The van der Waals surface area contributed by atoms with Gasteiger partial charge >= 0.3 is 0 Å². The van der Waals surface area contributed by atoms with Gasteiger partial charge in [-0.15, -0.1) is 0 Å². The van der Waals surface area contributed by atoms with Gasteiger partial charge in [-0.25, -0.2) is 4.98 Å². The molecule has 1 rings (SSSR count). The summed E-state index contributed by atoms with van der Waals surface area (Å²) in [5.74, 6) is 0.269. The van der Waals surface area contributed by atoms with Crippen molar-refractivity contribution in [3.8, 4) is 5.88 Å². The molecule has 54 valence electrons. The van der Waals surface area contributed by atoms with Crippen LogP contribution in [0.2, 0.25) is 0 Å². The molecule has 3 heteroatoms. The molecule has 1 aromatic heterocycles. The van der Waals surface area contributed by atoms with Crippen LogP contribution in [0.1, 0.15) is 9.67 Å². The predicted molar refractivity (Wildman–Crippen MR) is 43.1 cm³/mol. The van der Waals surface area contributed by atoms with Gasteiger partial charge in [0.05, 0.1) is 13.8 Å². The molecule has 0 radical (unpaired) electrons. The maximum Gasteiger partial charge on any atom is 0.227 e. The zero-order chi connectivity index (χ0) is 9.19. The van der Waals surface area contributed by atoms with Crippen molar-refractivity contribution in [3.05, 3.63) is 22.8 Å². The lowest BCUT2D eigenvalue weighted by molar-refractivity contribution is 0.324. The van der Waals surface area contributed by atoms with Crippen molar-refractivity contribution >= 4 is 15.9 Å². The molecular weight excluding hydrogens is 194 g/mol. The fourth-order valence-electron chi connectivity index (χ4n) is 0.543. The highest BCUT2D eigenvalue weighted by Crippen LogP contribution is 2.20. The van der Waals surface area contributed by atoms with Gasteiger partial charge in [0, 0.05) is 6.20 Å². The summed E-state index contributed by atoms with van der Waals surface area (Å²) < 4.78 is 19.9. The molecule has 0 unspecified atom stereocenters. The van der Waals surface area contributed by atoms with Crippen LogP contribution in [0.4, 0.5) is 0 Å². The fraction of sp³-hybridized carbons (Fsp3) is 0.286. The zero-order valence-electron chi connectivity index (χ0n) is 7.47. The first-order valence-corrected chi connectivity index (χ1v) is 3.58. The number of nitrogens with zero attached hydrogens (tertiary/aromatic N) is 1. The average Bonchev–Trinajstić information content (AvgIpc) is 1.91. The third kappa shape index (κ3) is 1.70. The Bertz CT molecular complexity index is 274. The van der Waals surface area contributed by atoms with Crippen LogP contribution in [0.3, 0.4) is 0 Å². The van der Waals surface area contributed by atoms with Crippen LogP contribution in [0.15, 0.2) is 22.8 Å². The Hall–Kier alpha value is -0.570. The lowest BCUT2D eigenvalue weighted by Gasteiger charge is -2.01. The van der Waals surface area contributed by atoms with Gasteiger partial charge in [-0.2, -0.15) is 0 Å². The second kappa shape index (κ2) is 3.56. The van der Waals surface area contributed by atoms with E-state index in [4.69, 9.17) is 7.48 Å². The zero-order valence-corrected chi connectivity index (χ0v) is 7.05. The molecule has 0 aromatic carbocycles. The molecule has 1 heterocycles. The van der Waals surface area contributed by atoms with Crippen LogP contribution < -0.4 is 4.74 Å². The Kier molecular flexibility index (Phi) is 1.83. The van der Waals surface area contributed by atoms with Gasteiger partial charge in [0.1, 0.15) is 0 Å². The number of halogens is 1. The Labute approximate surface area is 71.2 Å². The lowest BCUT2D eigenvalue weighted by Crippen LogP contribution is -1.93. The van der Waals surface area contributed by atoms with Crippen molar-refractivity contribution < 1.29 is 7.48 Å². The van der Waals surface area contributed by atoms with Crippen LogP contribution in [-0.2, 0) is 0 Å². The van der Waals surface area contributed by atoms with Gasteiger partial charge in [0.25, 0.3) is 0 Å². The molecule has 0 aliphatic heterocycles. The number of aromatic nitrogens is 1. The molecule has 0 saturated carbocycles. The largest absolute Gasteiger partial charge is 0.477 e. The summed E-state index contributed by atoms with van der Waals surface area (Å²) in [5, 5.41) is 0. The van der Waals surface area contributed by atoms with E-state index < -0.39 is 6.56 Å². The molecule has 0 aliphatic rings. The van der Waals surface area contributed by atoms with Crippen LogP contribution in [0.25, 0.3) is 0 Å². The second-order valence-electron chi connectivity index (χ2n) is 1.60. The van der Waals surface area contributed by atoms with Crippen molar-refractivity contribution in [1.29, 1.82) is 0 Å². The predicted octanol–water partition coefficient (Wildman–Crippen LogP) is 2.24. The molecule has 0 aliphatic carbocycles. The highest BCUT2D eigenvalue weighted by atomic mass is 79.9. The van der Waals surface area contributed by atoms with E-state index in [1.54, 1.807) is 18.3 Å². The Morgan fingerprint density at radius 3 is 3.30 bits per heavy atom. The standard InChI is InChI=1S/C7H8BrNO/c1-2-10-7-6(8)4-3-5-9-7/h3-5H,2H2,1H3/i2D2. The molecule has 0 saturated heterocycles. The Balaban J connectivity index is 2.83. The van der Waals surface area contributed by atoms with Crippen molar-refractivity contribution in [2.75, 3.05) is 6.56 Å². The van der Waals surface area contributed by atoms with E-state index in [9.17, 15) is 0 Å². The summed E-state index contributed by atoms with van der Waals surface area (Å²) in [4.78, 5) is 3.85. The first-order valence-electron chi connectivity index (χ1n) is 3.78. The van der Waals surface area contributed by atoms with E-state index in [0.29, 0.717) is 4.47 Å². The van der Waals surface area contributed by atoms with Gasteiger partial charge in [-0.05, 0) is 35.0 Å². The number of hydrogen-bond donors (Lipinski definition) is 0. The van der Waals surface area contributed by atoms with Crippen molar-refractivity contribution in [2.24, 2.45) is 0 Å². The number of pyridine rings is 1. The van der Waals surface area contributed by atoms with Crippen LogP contribution in [-0.4, -0.2) is 11.5 Å². The minimum absolute atomic E-state index is 0.269. The monoisotopic (exact) mass is 203 g/mol. The van der Waals surface area contributed by atoms with Gasteiger partial charge in [0.2, 0.25) is 5.88 Å². The number of hydrogen-bond acceptors (Lipinski definition) is 2. The van der Waals surface area contributed by atoms with E-state index in [1.807, 2.05) is 0 Å². The Morgan fingerprint density at radius 1 is 1.90 bits per heavy atom. The lowest BCUT2D eigenvalue weighted by atomic mass is 10.5. The number of rotatable bonds is 2. The molecule has 0 atom stereocenters. The SMILES string of the molecule is [2H]C([2H])(C)Oc1ncccc1Br. The third-order valence-electron chi connectivity index (χ3n) is 0.923. The fourth-order valence-corrected chi connectivity index (χ4v) is 0.879. The van der Waals surface area contributed by atoms with Crippen molar-refractivity contribution in [1.82, 2.24) is 4.98 Å². The molecule has 10 heavy (non-hydrogen) atoms. The molecule has 1 aromatic rings. The highest BCUT2D eigenvalue weighted by molar-refractivity contribution is 9.10. The summed E-state index contributed by atoms with van der Waals surface area (Å²) >= 11 is 3.19. The third-order valence-corrected chi connectivity index (χ3v) is 1.53. The van der Waals surface area contributed by atoms with Crippen LogP contribution in [0, 0.1) is 0 Å². The highest BCUT2D eigenvalue weighted by Gasteiger charge is 1.97. The van der Waals surface area contributed by atoms with E-state index in [0.717, 1.165) is 0 Å². The molecular formula is C7H8BrNO. The molecule has 0 spiro atoms. The van der Waals surface area contributed by atoms with Crippen LogP contribution in [0.5, 0.6) is 5.88 Å². The summed E-state index contributed by atoms with van der Waals surface area (Å²) in [5.41, 5.74) is 0. The van der Waals surface area contributed by atoms with E-state index in [-0.39, 0.29) is 5.88 Å². The number of ether oxygens (including phenoxy) is 1. The first-order chi connectivity index (χ1) is 5.49. The Morgan fingerprint density at radius 2 is 2.70 bits per heavy atom. The first kappa shape index (κ1) is 5.13. The summed E-state index contributed by atoms with van der Waals surface area (Å²) in [7, 11) is 0. The molecule has 0 amide bonds. The van der Waals surface area contributed by atoms with Gasteiger partial charge in [-0.3, -0.25) is 0 Å². The molecule has 2 nitrogen and oxygen atoms in total. The van der Waals surface area contributed by atoms with Gasteiger partial charge < -0.3 is 4.74 Å². The second-order valence-corrected chi connectivity index (χ2v) is 2.45. The summed E-state index contributed by atoms with van der Waals surface area (Å²) in [6, 6.07) is 3.48. The maximum atomic E-state index is 7.15. The quantitative estimate of drug-likeness (QED) is 0.736. The molecule has 0 bridgehead atoms. The van der Waals surface area contributed by atoms with E-state index in [1.165, 1.54) is 6.92 Å². The maximum absolute atomic E-state index is 7.15. The van der Waals surface area contributed by atoms with E-state index in [2.05, 4.69) is 20.9 Å². The molecule has 0 fully saturated rings. The summed E-state index contributed by atoms with van der Waals surface area (Å²) in [6.45, 7) is -0.370.